The van der Waals surface area contributed by atoms with Crippen LogP contribution in [0.15, 0.2) is 149 Å². The van der Waals surface area contributed by atoms with Gasteiger partial charge in [-0.05, 0) is 72.3 Å². The van der Waals surface area contributed by atoms with Crippen LogP contribution in [0, 0.1) is 5.82 Å². The number of rotatable bonds is 10. The number of hydrogen-bond donors (Lipinski definition) is 3. The molecule has 0 saturated heterocycles. The van der Waals surface area contributed by atoms with Crippen LogP contribution < -0.4 is 16.0 Å². The molecule has 0 radical (unpaired) electrons. The zero-order valence-electron chi connectivity index (χ0n) is 23.7. The molecule has 0 bridgehead atoms. The van der Waals surface area contributed by atoms with E-state index < -0.39 is 22.9 Å². The van der Waals surface area contributed by atoms with Gasteiger partial charge in [-0.3, -0.25) is 14.4 Å². The van der Waals surface area contributed by atoms with Gasteiger partial charge < -0.3 is 16.0 Å². The molecular formula is C36H27BrFN3O3S. The van der Waals surface area contributed by atoms with E-state index in [4.69, 9.17) is 0 Å². The van der Waals surface area contributed by atoms with Crippen molar-refractivity contribution in [3.8, 4) is 0 Å². The average molecular weight is 681 g/mol. The first kappa shape index (κ1) is 31.4. The zero-order chi connectivity index (χ0) is 31.6. The first-order chi connectivity index (χ1) is 21.9. The van der Waals surface area contributed by atoms with Crippen molar-refractivity contribution in [2.75, 3.05) is 10.6 Å². The number of nitrogens with one attached hydrogen (secondary N) is 3. The molecule has 9 heteroatoms. The predicted molar refractivity (Wildman–Crippen MR) is 181 cm³/mol. The molecule has 0 spiro atoms. The lowest BCUT2D eigenvalue weighted by Gasteiger charge is -2.18. The van der Waals surface area contributed by atoms with Gasteiger partial charge >= 0.3 is 0 Å². The van der Waals surface area contributed by atoms with E-state index in [2.05, 4.69) is 31.9 Å². The summed E-state index contributed by atoms with van der Waals surface area (Å²) in [6, 6.07) is 38.2. The largest absolute Gasteiger partial charge is 0.325 e. The minimum Gasteiger partial charge on any atom is -0.325 e. The molecular weight excluding hydrogens is 653 g/mol. The molecule has 0 saturated carbocycles. The maximum absolute atomic E-state index is 14.5. The number of carbonyl (C=O) groups is 3. The Morgan fingerprint density at radius 1 is 0.711 bits per heavy atom. The van der Waals surface area contributed by atoms with Crippen LogP contribution in [-0.2, 0) is 9.59 Å². The first-order valence-corrected chi connectivity index (χ1v) is 15.5. The van der Waals surface area contributed by atoms with Crippen LogP contribution in [0.1, 0.15) is 26.7 Å². The highest BCUT2D eigenvalue weighted by molar-refractivity contribution is 9.10. The molecule has 0 aromatic heterocycles. The van der Waals surface area contributed by atoms with Crippen LogP contribution >= 0.6 is 27.7 Å². The zero-order valence-corrected chi connectivity index (χ0v) is 26.1. The number of hydrogen-bond acceptors (Lipinski definition) is 4. The summed E-state index contributed by atoms with van der Waals surface area (Å²) in [5.41, 5.74) is 2.25. The third-order valence-corrected chi connectivity index (χ3v) is 8.31. The van der Waals surface area contributed by atoms with Crippen LogP contribution in [0.25, 0.3) is 6.08 Å². The smallest absolute Gasteiger partial charge is 0.272 e. The van der Waals surface area contributed by atoms with Gasteiger partial charge in [-0.1, -0.05) is 88.7 Å². The van der Waals surface area contributed by atoms with Crippen LogP contribution in [0.4, 0.5) is 15.8 Å². The minimum atomic E-state index is -0.641. The van der Waals surface area contributed by atoms with Gasteiger partial charge in [-0.25, -0.2) is 4.39 Å². The summed E-state index contributed by atoms with van der Waals surface area (Å²) in [5.74, 6) is -1.90. The Balaban J connectivity index is 1.38. The van der Waals surface area contributed by atoms with Crippen molar-refractivity contribution in [2.45, 2.75) is 10.1 Å². The normalized spacial score (nSPS) is 11.7. The van der Waals surface area contributed by atoms with Gasteiger partial charge in [0.05, 0.1) is 0 Å². The summed E-state index contributed by atoms with van der Waals surface area (Å²) >= 11 is 4.74. The van der Waals surface area contributed by atoms with Gasteiger partial charge in [-0.2, -0.15) is 0 Å². The highest BCUT2D eigenvalue weighted by atomic mass is 79.9. The summed E-state index contributed by atoms with van der Waals surface area (Å²) in [6.45, 7) is 0. The van der Waals surface area contributed by atoms with Crippen LogP contribution in [0.2, 0.25) is 0 Å². The van der Waals surface area contributed by atoms with E-state index in [1.165, 1.54) is 30.0 Å². The molecule has 45 heavy (non-hydrogen) atoms. The lowest BCUT2D eigenvalue weighted by molar-refractivity contribution is -0.116. The molecule has 1 atom stereocenters. The maximum Gasteiger partial charge on any atom is 0.272 e. The van der Waals surface area contributed by atoms with Gasteiger partial charge in [-0.15, -0.1) is 11.8 Å². The molecule has 5 rings (SSSR count). The second-order valence-electron chi connectivity index (χ2n) is 9.79. The van der Waals surface area contributed by atoms with Crippen molar-refractivity contribution in [2.24, 2.45) is 0 Å². The number of halogens is 2. The van der Waals surface area contributed by atoms with Crippen molar-refractivity contribution in [3.63, 3.8) is 0 Å². The average Bonchev–Trinajstić information content (AvgIpc) is 3.06. The number of benzene rings is 5. The highest BCUT2D eigenvalue weighted by Crippen LogP contribution is 2.37. The number of carbonyl (C=O) groups excluding carboxylic acids is 3. The molecule has 5 aromatic rings. The fourth-order valence-electron chi connectivity index (χ4n) is 4.31. The van der Waals surface area contributed by atoms with Crippen LogP contribution in [0.5, 0.6) is 0 Å². The van der Waals surface area contributed by atoms with E-state index in [1.54, 1.807) is 60.7 Å². The Kier molecular flexibility index (Phi) is 10.6. The van der Waals surface area contributed by atoms with E-state index >= 15 is 0 Å². The second-order valence-corrected chi connectivity index (χ2v) is 11.9. The number of anilines is 2. The fourth-order valence-corrected chi connectivity index (χ4v) is 5.66. The Labute approximate surface area is 272 Å². The molecule has 3 amide bonds. The first-order valence-electron chi connectivity index (χ1n) is 13.9. The van der Waals surface area contributed by atoms with Gasteiger partial charge in [0, 0.05) is 31.9 Å². The van der Waals surface area contributed by atoms with Gasteiger partial charge in [0.1, 0.15) is 16.8 Å². The van der Waals surface area contributed by atoms with Crippen molar-refractivity contribution < 1.29 is 18.8 Å². The summed E-state index contributed by atoms with van der Waals surface area (Å²) in [4.78, 5) is 40.6. The van der Waals surface area contributed by atoms with Gasteiger partial charge in [0.25, 0.3) is 11.8 Å². The van der Waals surface area contributed by atoms with Gasteiger partial charge in [0.2, 0.25) is 5.91 Å². The molecule has 3 N–H and O–H groups in total. The lowest BCUT2D eigenvalue weighted by Crippen LogP contribution is -2.30. The summed E-state index contributed by atoms with van der Waals surface area (Å²) in [7, 11) is 0. The van der Waals surface area contributed by atoms with Crippen molar-refractivity contribution in [1.29, 1.82) is 0 Å². The van der Waals surface area contributed by atoms with Crippen LogP contribution in [-0.4, -0.2) is 17.7 Å². The van der Waals surface area contributed by atoms with E-state index in [0.29, 0.717) is 16.9 Å². The second kappa shape index (κ2) is 15.1. The number of amides is 3. The monoisotopic (exact) mass is 679 g/mol. The molecule has 0 heterocycles. The molecule has 0 aliphatic rings. The van der Waals surface area contributed by atoms with E-state index in [1.807, 2.05) is 60.7 Å². The fraction of sp³-hybridized carbons (Fsp3) is 0.0278. The molecule has 0 fully saturated rings. The molecule has 0 aliphatic heterocycles. The molecule has 1 unspecified atom stereocenters. The Hall–Kier alpha value is -4.99. The maximum atomic E-state index is 14.5. The quantitative estimate of drug-likeness (QED) is 0.102. The summed E-state index contributed by atoms with van der Waals surface area (Å²) in [6.07, 6.45) is 1.29. The Morgan fingerprint density at radius 3 is 2.09 bits per heavy atom. The van der Waals surface area contributed by atoms with Crippen molar-refractivity contribution >= 4 is 62.9 Å². The third-order valence-electron chi connectivity index (χ3n) is 6.53. The topological polar surface area (TPSA) is 87.3 Å². The van der Waals surface area contributed by atoms with Crippen molar-refractivity contribution in [1.82, 2.24) is 5.32 Å². The van der Waals surface area contributed by atoms with Gasteiger partial charge in [0.15, 0.2) is 0 Å². The summed E-state index contributed by atoms with van der Waals surface area (Å²) < 4.78 is 15.4. The predicted octanol–water partition coefficient (Wildman–Crippen LogP) is 8.47. The molecule has 5 aromatic carbocycles. The molecule has 6 nitrogen and oxygen atoms in total. The minimum absolute atomic E-state index is 0.136. The molecule has 0 aliphatic carbocycles. The van der Waals surface area contributed by atoms with E-state index in [9.17, 15) is 18.8 Å². The Morgan fingerprint density at radius 2 is 1.38 bits per heavy atom. The molecule has 224 valence electrons. The van der Waals surface area contributed by atoms with Crippen LogP contribution in [0.3, 0.4) is 0 Å². The van der Waals surface area contributed by atoms with Crippen molar-refractivity contribution in [3.05, 3.63) is 166 Å². The standard InChI is InChI=1S/C36H27BrFN3O3S/c37-27-18-20-28(21-19-27)39-36(44)33(24-10-3-1-4-11-24)45-30-16-9-15-29(23-30)40-35(43)32(22-26-14-7-8-17-31(26)38)41-34(42)25-12-5-2-6-13-25/h1-23,33H,(H,39,44)(H,40,43)(H,41,42)/b32-22-. The third kappa shape index (κ3) is 8.78. The SMILES string of the molecule is O=C(Nc1cccc(SC(C(=O)Nc2ccc(Br)cc2)c2ccccc2)c1)/C(=C/c1ccccc1F)NC(=O)c1ccccc1. The highest BCUT2D eigenvalue weighted by Gasteiger charge is 2.23. The van der Waals surface area contributed by atoms with E-state index in [-0.39, 0.29) is 17.2 Å². The lowest BCUT2D eigenvalue weighted by atomic mass is 10.1. The Bertz CT molecular complexity index is 1830. The number of thioether (sulfide) groups is 1. The summed E-state index contributed by atoms with van der Waals surface area (Å²) in [5, 5.41) is 7.81. The van der Waals surface area contributed by atoms with E-state index in [0.717, 1.165) is 14.9 Å².